The van der Waals surface area contributed by atoms with Gasteiger partial charge in [-0.3, -0.25) is 10.6 Å². The van der Waals surface area contributed by atoms with E-state index in [0.717, 1.165) is 0 Å². The maximum atomic E-state index is 11.6. The van der Waals surface area contributed by atoms with Gasteiger partial charge in [-0.05, 0) is 24.4 Å². The van der Waals surface area contributed by atoms with Crippen molar-refractivity contribution in [3.05, 3.63) is 34.9 Å². The van der Waals surface area contributed by atoms with E-state index in [0.29, 0.717) is 15.7 Å². The summed E-state index contributed by atoms with van der Waals surface area (Å²) in [5.74, 6) is 3.29. The monoisotopic (exact) mass is 244 g/mol. The molecule has 0 aliphatic carbocycles. The molecule has 1 rings (SSSR count). The summed E-state index contributed by atoms with van der Waals surface area (Å²) in [7, 11) is 0. The van der Waals surface area contributed by atoms with Gasteiger partial charge in [0.1, 0.15) is 0 Å². The van der Waals surface area contributed by atoms with Crippen molar-refractivity contribution in [2.45, 2.75) is 0 Å². The van der Waals surface area contributed by atoms with Crippen molar-refractivity contribution in [2.75, 3.05) is 6.54 Å². The Balaban J connectivity index is 2.58. The largest absolute Gasteiger partial charge is 0.351 e. The van der Waals surface area contributed by atoms with E-state index in [1.54, 1.807) is 24.3 Å². The van der Waals surface area contributed by atoms with Crippen LogP contribution in [-0.2, 0) is 0 Å². The lowest BCUT2D eigenvalue weighted by molar-refractivity contribution is -0.419. The minimum absolute atomic E-state index is 0.0740. The molecule has 0 amide bonds. The summed E-state index contributed by atoms with van der Waals surface area (Å²) in [5, 5.41) is 3.59. The number of thiocarbonyl (C=S) groups is 1. The van der Waals surface area contributed by atoms with Gasteiger partial charge in [0.15, 0.2) is 5.78 Å². The van der Waals surface area contributed by atoms with Crippen LogP contribution >= 0.6 is 23.8 Å². The lowest BCUT2D eigenvalue weighted by atomic mass is 10.1. The summed E-state index contributed by atoms with van der Waals surface area (Å²) in [6.45, 7) is 0.127. The van der Waals surface area contributed by atoms with Gasteiger partial charge in [0.25, 0.3) is 0 Å². The summed E-state index contributed by atoms with van der Waals surface area (Å²) in [4.78, 5) is 11.6. The normalized spacial score (nSPS) is 9.47. The molecule has 0 aliphatic rings. The van der Waals surface area contributed by atoms with Crippen molar-refractivity contribution in [1.82, 2.24) is 10.7 Å². The van der Waals surface area contributed by atoms with E-state index in [-0.39, 0.29) is 12.3 Å². The van der Waals surface area contributed by atoms with Crippen LogP contribution in [0.4, 0.5) is 0 Å². The first-order valence-corrected chi connectivity index (χ1v) is 5.02. The van der Waals surface area contributed by atoms with Gasteiger partial charge in [0, 0.05) is 10.6 Å². The van der Waals surface area contributed by atoms with E-state index in [1.807, 2.05) is 0 Å². The van der Waals surface area contributed by atoms with Crippen molar-refractivity contribution < 1.29 is 10.6 Å². The third-order valence-corrected chi connectivity index (χ3v) is 2.24. The minimum Gasteiger partial charge on any atom is -0.351 e. The molecule has 80 valence electrons. The average molecular weight is 245 g/mol. The Kier molecular flexibility index (Phi) is 4.48. The van der Waals surface area contributed by atoms with E-state index in [4.69, 9.17) is 23.8 Å². The SMILES string of the molecule is [NH3+]NC(=S)NCC(=O)c1cccc(Cl)c1. The Morgan fingerprint density at radius 1 is 1.53 bits per heavy atom. The van der Waals surface area contributed by atoms with Gasteiger partial charge < -0.3 is 5.32 Å². The molecule has 0 aliphatic heterocycles. The van der Waals surface area contributed by atoms with Crippen LogP contribution in [-0.4, -0.2) is 17.4 Å². The van der Waals surface area contributed by atoms with E-state index in [1.165, 1.54) is 0 Å². The third kappa shape index (κ3) is 3.83. The second-order valence-corrected chi connectivity index (χ2v) is 3.64. The third-order valence-electron chi connectivity index (χ3n) is 1.72. The van der Waals surface area contributed by atoms with Crippen LogP contribution in [0.2, 0.25) is 5.02 Å². The highest BCUT2D eigenvalue weighted by Gasteiger charge is 2.06. The number of benzene rings is 1. The predicted molar refractivity (Wildman–Crippen MR) is 62.4 cm³/mol. The summed E-state index contributed by atoms with van der Waals surface area (Å²) in [6, 6.07) is 6.77. The average Bonchev–Trinajstić information content (AvgIpc) is 2.25. The van der Waals surface area contributed by atoms with E-state index >= 15 is 0 Å². The molecule has 0 unspecified atom stereocenters. The second kappa shape index (κ2) is 5.65. The molecule has 0 heterocycles. The lowest BCUT2D eigenvalue weighted by Gasteiger charge is -2.04. The van der Waals surface area contributed by atoms with Gasteiger partial charge in [0.05, 0.1) is 6.54 Å². The zero-order valence-corrected chi connectivity index (χ0v) is 9.49. The number of halogens is 1. The van der Waals surface area contributed by atoms with E-state index in [2.05, 4.69) is 16.6 Å². The number of rotatable bonds is 3. The van der Waals surface area contributed by atoms with Gasteiger partial charge in [-0.2, -0.15) is 0 Å². The van der Waals surface area contributed by atoms with Gasteiger partial charge in [0.2, 0.25) is 5.11 Å². The number of ketones is 1. The molecule has 0 spiro atoms. The first-order chi connectivity index (χ1) is 7.13. The van der Waals surface area contributed by atoms with Crippen LogP contribution in [0.3, 0.4) is 0 Å². The number of quaternary nitrogens is 1. The van der Waals surface area contributed by atoms with Crippen molar-refractivity contribution >= 4 is 34.7 Å². The maximum Gasteiger partial charge on any atom is 0.213 e. The van der Waals surface area contributed by atoms with Gasteiger partial charge in [-0.15, -0.1) is 0 Å². The molecule has 0 aromatic heterocycles. The van der Waals surface area contributed by atoms with Crippen LogP contribution < -0.4 is 16.6 Å². The van der Waals surface area contributed by atoms with Gasteiger partial charge >= 0.3 is 0 Å². The number of carbonyl (C=O) groups is 1. The Labute approximate surface area is 97.8 Å². The first-order valence-electron chi connectivity index (χ1n) is 4.23. The van der Waals surface area contributed by atoms with Gasteiger partial charge in [-0.25, -0.2) is 5.43 Å². The van der Waals surface area contributed by atoms with Crippen LogP contribution in [0.1, 0.15) is 10.4 Å². The van der Waals surface area contributed by atoms with Gasteiger partial charge in [-0.1, -0.05) is 23.7 Å². The topological polar surface area (TPSA) is 68.8 Å². The van der Waals surface area contributed by atoms with Crippen LogP contribution in [0, 0.1) is 0 Å². The van der Waals surface area contributed by atoms with Crippen molar-refractivity contribution in [3.8, 4) is 0 Å². The molecule has 4 nitrogen and oxygen atoms in total. The Morgan fingerprint density at radius 2 is 2.27 bits per heavy atom. The molecule has 0 bridgehead atoms. The molecule has 0 saturated heterocycles. The number of Topliss-reactive ketones (excluding diaryl/α,β-unsaturated/α-hetero) is 1. The molecule has 1 aromatic carbocycles. The molecule has 15 heavy (non-hydrogen) atoms. The van der Waals surface area contributed by atoms with Crippen LogP contribution in [0.5, 0.6) is 0 Å². The summed E-state index contributed by atoms with van der Waals surface area (Å²) in [6.07, 6.45) is 0. The Hall–Kier alpha value is -1.17. The first kappa shape index (κ1) is 11.9. The summed E-state index contributed by atoms with van der Waals surface area (Å²) < 4.78 is 0. The van der Waals surface area contributed by atoms with Crippen molar-refractivity contribution in [2.24, 2.45) is 0 Å². The number of carbonyl (C=O) groups excluding carboxylic acids is 1. The second-order valence-electron chi connectivity index (χ2n) is 2.79. The highest BCUT2D eigenvalue weighted by molar-refractivity contribution is 7.80. The fraction of sp³-hybridized carbons (Fsp3) is 0.111. The molecular weight excluding hydrogens is 234 g/mol. The standard InChI is InChI=1S/C9H10ClN3OS/c10-7-3-1-2-6(4-7)8(14)5-12-9(15)13-11/h1-4H,5,11H2,(H2,12,13,15)/p+1. The quantitative estimate of drug-likeness (QED) is 0.402. The van der Waals surface area contributed by atoms with E-state index < -0.39 is 0 Å². The molecule has 0 radical (unpaired) electrons. The predicted octanol–water partition coefficient (Wildman–Crippen LogP) is 0.144. The number of hydrogen-bond acceptors (Lipinski definition) is 2. The molecule has 6 heteroatoms. The molecular formula is C9H11ClN3OS+. The van der Waals surface area contributed by atoms with Crippen LogP contribution in [0.15, 0.2) is 24.3 Å². The maximum absolute atomic E-state index is 11.6. The highest BCUT2D eigenvalue weighted by Crippen LogP contribution is 2.10. The summed E-state index contributed by atoms with van der Waals surface area (Å²) in [5.41, 5.74) is 3.03. The summed E-state index contributed by atoms with van der Waals surface area (Å²) >= 11 is 10.5. The zero-order chi connectivity index (χ0) is 11.3. The smallest absolute Gasteiger partial charge is 0.213 e. The highest BCUT2D eigenvalue weighted by atomic mass is 35.5. The lowest BCUT2D eigenvalue weighted by Crippen LogP contribution is -2.69. The molecule has 0 fully saturated rings. The molecule has 1 aromatic rings. The van der Waals surface area contributed by atoms with E-state index in [9.17, 15) is 4.79 Å². The minimum atomic E-state index is -0.0740. The number of hydrogen-bond donors (Lipinski definition) is 3. The van der Waals surface area contributed by atoms with Crippen molar-refractivity contribution in [1.29, 1.82) is 0 Å². The fourth-order valence-electron chi connectivity index (χ4n) is 0.987. The molecule has 0 atom stereocenters. The Bertz CT molecular complexity index is 383. The molecule has 5 N–H and O–H groups in total. The molecule has 0 saturated carbocycles. The van der Waals surface area contributed by atoms with Crippen molar-refractivity contribution in [3.63, 3.8) is 0 Å². The zero-order valence-electron chi connectivity index (χ0n) is 7.92. The Morgan fingerprint density at radius 3 is 2.87 bits per heavy atom. The van der Waals surface area contributed by atoms with Crippen LogP contribution in [0.25, 0.3) is 0 Å². The number of nitrogens with one attached hydrogen (secondary N) is 2. The fourth-order valence-corrected chi connectivity index (χ4v) is 1.25.